The Morgan fingerprint density at radius 3 is 2.52 bits per heavy atom. The Balaban J connectivity index is 1.74. The maximum atomic E-state index is 11.9. The second-order valence-corrected chi connectivity index (χ2v) is 8.09. The highest BCUT2D eigenvalue weighted by Gasteiger charge is 2.13. The van der Waals surface area contributed by atoms with Crippen LogP contribution in [0, 0.1) is 0 Å². The quantitative estimate of drug-likeness (QED) is 0.227. The van der Waals surface area contributed by atoms with Gasteiger partial charge in [0.05, 0.1) is 0 Å². The summed E-state index contributed by atoms with van der Waals surface area (Å²) in [6.07, 6.45) is 18.9. The number of ketones is 1. The monoisotopic (exact) mass is 393 g/mol. The number of nitrogens with zero attached hydrogens (tertiary/aromatic N) is 1. The van der Waals surface area contributed by atoms with Gasteiger partial charge in [0.25, 0.3) is 0 Å². The van der Waals surface area contributed by atoms with Gasteiger partial charge in [-0.05, 0) is 70.0 Å². The fourth-order valence-corrected chi connectivity index (χ4v) is 4.05. The smallest absolute Gasteiger partial charge is 0.160 e. The number of rotatable bonds is 11. The maximum absolute atomic E-state index is 11.9. The van der Waals surface area contributed by atoms with Gasteiger partial charge in [-0.15, -0.1) is 0 Å². The van der Waals surface area contributed by atoms with Crippen molar-refractivity contribution in [1.82, 2.24) is 4.90 Å². The molecule has 0 bridgehead atoms. The average Bonchev–Trinajstić information content (AvgIpc) is 2.73. The Kier molecular flexibility index (Phi) is 10.7. The zero-order valence-corrected chi connectivity index (χ0v) is 18.8. The van der Waals surface area contributed by atoms with E-state index >= 15 is 0 Å². The number of carbonyl (C=O) groups excluding carboxylic acids is 1. The number of carbonyl (C=O) groups is 1. The van der Waals surface area contributed by atoms with Crippen molar-refractivity contribution in [2.24, 2.45) is 0 Å². The standard InChI is InChI=1S/C27H39NO/c1-4-6-7-9-14-24-18-21-28(22-19-24)20-13-8-10-15-25-16-11-12-17-27(25)26(5-2)23(3)29/h5,10-12,14-17H,4,6-9,13,18-22H2,1-3H3/b15-10-,26-5-. The van der Waals surface area contributed by atoms with Crippen molar-refractivity contribution in [3.8, 4) is 0 Å². The van der Waals surface area contributed by atoms with E-state index in [1.54, 1.807) is 12.5 Å². The molecule has 0 saturated carbocycles. The van der Waals surface area contributed by atoms with E-state index < -0.39 is 0 Å². The number of Topliss-reactive ketones (excluding diaryl/α,β-unsaturated/α-hetero) is 1. The largest absolute Gasteiger partial charge is 0.303 e. The summed E-state index contributed by atoms with van der Waals surface area (Å²) in [5.74, 6) is 0.122. The Labute approximate surface area is 178 Å². The van der Waals surface area contributed by atoms with E-state index in [1.807, 2.05) is 31.2 Å². The lowest BCUT2D eigenvalue weighted by atomic mass is 9.96. The first kappa shape index (κ1) is 23.3. The number of unbranched alkanes of at least 4 members (excludes halogenated alkanes) is 4. The van der Waals surface area contributed by atoms with Crippen molar-refractivity contribution >= 4 is 17.4 Å². The summed E-state index contributed by atoms with van der Waals surface area (Å²) in [4.78, 5) is 14.5. The summed E-state index contributed by atoms with van der Waals surface area (Å²) < 4.78 is 0. The van der Waals surface area contributed by atoms with E-state index in [0.29, 0.717) is 0 Å². The van der Waals surface area contributed by atoms with Crippen LogP contribution in [0.4, 0.5) is 0 Å². The Bertz CT molecular complexity index is 716. The molecule has 0 N–H and O–H groups in total. The van der Waals surface area contributed by atoms with Gasteiger partial charge in [0.2, 0.25) is 0 Å². The van der Waals surface area contributed by atoms with Crippen molar-refractivity contribution in [3.63, 3.8) is 0 Å². The van der Waals surface area contributed by atoms with Gasteiger partial charge in [-0.25, -0.2) is 0 Å². The van der Waals surface area contributed by atoms with Crippen molar-refractivity contribution in [3.05, 3.63) is 59.2 Å². The minimum absolute atomic E-state index is 0.122. The molecule has 1 heterocycles. The highest BCUT2D eigenvalue weighted by Crippen LogP contribution is 2.22. The normalized spacial score (nSPS) is 15.8. The molecule has 1 aromatic rings. The summed E-state index contributed by atoms with van der Waals surface area (Å²) in [6.45, 7) is 9.46. The number of allylic oxidation sites excluding steroid dienone is 4. The van der Waals surface area contributed by atoms with Crippen molar-refractivity contribution in [1.29, 1.82) is 0 Å². The fraction of sp³-hybridized carbons (Fsp3) is 0.519. The lowest BCUT2D eigenvalue weighted by Crippen LogP contribution is -2.31. The number of likely N-dealkylation sites (tertiary alicyclic amines) is 1. The minimum atomic E-state index is 0.122. The summed E-state index contributed by atoms with van der Waals surface area (Å²) in [7, 11) is 0. The first-order chi connectivity index (χ1) is 14.2. The lowest BCUT2D eigenvalue weighted by molar-refractivity contribution is -0.111. The van der Waals surface area contributed by atoms with E-state index in [4.69, 9.17) is 0 Å². The third-order valence-electron chi connectivity index (χ3n) is 5.80. The molecule has 0 aromatic heterocycles. The Hall–Kier alpha value is -1.93. The van der Waals surface area contributed by atoms with Gasteiger partial charge < -0.3 is 4.90 Å². The molecule has 2 rings (SSSR count). The highest BCUT2D eigenvalue weighted by atomic mass is 16.1. The van der Waals surface area contributed by atoms with E-state index in [2.05, 4.69) is 36.1 Å². The molecular weight excluding hydrogens is 354 g/mol. The van der Waals surface area contributed by atoms with Gasteiger partial charge in [-0.1, -0.05) is 73.9 Å². The SMILES string of the molecule is C/C=C(/C(C)=O)c1ccccc1/C=C\CCCN1CCC(=CCCCCC)CC1. The predicted molar refractivity (Wildman–Crippen MR) is 127 cm³/mol. The van der Waals surface area contributed by atoms with E-state index in [-0.39, 0.29) is 5.78 Å². The van der Waals surface area contributed by atoms with Gasteiger partial charge in [-0.2, -0.15) is 0 Å². The molecule has 1 saturated heterocycles. The van der Waals surface area contributed by atoms with Crippen molar-refractivity contribution in [2.75, 3.05) is 19.6 Å². The molecule has 0 unspecified atom stereocenters. The number of piperidine rings is 1. The number of hydrogen-bond acceptors (Lipinski definition) is 2. The minimum Gasteiger partial charge on any atom is -0.303 e. The van der Waals surface area contributed by atoms with Crippen LogP contribution >= 0.6 is 0 Å². The van der Waals surface area contributed by atoms with Gasteiger partial charge in [-0.3, -0.25) is 4.79 Å². The third-order valence-corrected chi connectivity index (χ3v) is 5.80. The van der Waals surface area contributed by atoms with Crippen molar-refractivity contribution < 1.29 is 4.79 Å². The molecule has 1 fully saturated rings. The summed E-state index contributed by atoms with van der Waals surface area (Å²) in [6, 6.07) is 8.18. The summed E-state index contributed by atoms with van der Waals surface area (Å²) in [5.41, 5.74) is 4.65. The Morgan fingerprint density at radius 2 is 1.83 bits per heavy atom. The molecule has 29 heavy (non-hydrogen) atoms. The second kappa shape index (κ2) is 13.3. The first-order valence-electron chi connectivity index (χ1n) is 11.5. The molecule has 1 aliphatic rings. The van der Waals surface area contributed by atoms with Crippen LogP contribution in [-0.2, 0) is 4.79 Å². The maximum Gasteiger partial charge on any atom is 0.160 e. The number of benzene rings is 1. The molecule has 158 valence electrons. The molecular formula is C27H39NO. The summed E-state index contributed by atoms with van der Waals surface area (Å²) in [5, 5.41) is 0. The van der Waals surface area contributed by atoms with E-state index in [1.165, 1.54) is 64.6 Å². The van der Waals surface area contributed by atoms with E-state index in [9.17, 15) is 4.79 Å². The molecule has 1 aromatic carbocycles. The van der Waals surface area contributed by atoms with Gasteiger partial charge >= 0.3 is 0 Å². The molecule has 0 spiro atoms. The van der Waals surface area contributed by atoms with Crippen molar-refractivity contribution in [2.45, 2.75) is 72.1 Å². The van der Waals surface area contributed by atoms with Crippen LogP contribution in [0.3, 0.4) is 0 Å². The van der Waals surface area contributed by atoms with Crippen LogP contribution < -0.4 is 0 Å². The Morgan fingerprint density at radius 1 is 1.07 bits per heavy atom. The van der Waals surface area contributed by atoms with Crippen LogP contribution in [-0.4, -0.2) is 30.3 Å². The van der Waals surface area contributed by atoms with Gasteiger partial charge in [0.1, 0.15) is 0 Å². The number of hydrogen-bond donors (Lipinski definition) is 0. The highest BCUT2D eigenvalue weighted by molar-refractivity contribution is 6.20. The average molecular weight is 394 g/mol. The molecule has 1 aliphatic heterocycles. The molecule has 0 amide bonds. The topological polar surface area (TPSA) is 20.3 Å². The molecule has 0 aliphatic carbocycles. The second-order valence-electron chi connectivity index (χ2n) is 8.09. The zero-order valence-electron chi connectivity index (χ0n) is 18.8. The van der Waals surface area contributed by atoms with Crippen LogP contribution in [0.2, 0.25) is 0 Å². The summed E-state index contributed by atoms with van der Waals surface area (Å²) >= 11 is 0. The van der Waals surface area contributed by atoms with Crippen LogP contribution in [0.15, 0.2) is 48.1 Å². The predicted octanol–water partition coefficient (Wildman–Crippen LogP) is 7.07. The fourth-order valence-electron chi connectivity index (χ4n) is 4.05. The first-order valence-corrected chi connectivity index (χ1v) is 11.5. The lowest BCUT2D eigenvalue weighted by Gasteiger charge is -2.28. The van der Waals surface area contributed by atoms with Crippen LogP contribution in [0.5, 0.6) is 0 Å². The van der Waals surface area contributed by atoms with Gasteiger partial charge in [0.15, 0.2) is 5.78 Å². The third kappa shape index (κ3) is 8.14. The molecule has 0 radical (unpaired) electrons. The zero-order chi connectivity index (χ0) is 20.9. The molecule has 2 heteroatoms. The molecule has 2 nitrogen and oxygen atoms in total. The van der Waals surface area contributed by atoms with Gasteiger partial charge in [0, 0.05) is 18.7 Å². The molecule has 0 atom stereocenters. The van der Waals surface area contributed by atoms with Crippen LogP contribution in [0.25, 0.3) is 11.6 Å². The van der Waals surface area contributed by atoms with E-state index in [0.717, 1.165) is 23.1 Å². The van der Waals surface area contributed by atoms with Crippen LogP contribution in [0.1, 0.15) is 83.3 Å².